The van der Waals surface area contributed by atoms with Crippen molar-refractivity contribution in [2.45, 2.75) is 19.6 Å². The van der Waals surface area contributed by atoms with Gasteiger partial charge in [-0.05, 0) is 55.9 Å². The number of carbonyl (C=O) groups is 2. The number of hydrogen-bond donors (Lipinski definition) is 2. The van der Waals surface area contributed by atoms with Crippen LogP contribution in [0.5, 0.6) is 0 Å². The van der Waals surface area contributed by atoms with Gasteiger partial charge in [-0.25, -0.2) is 4.98 Å². The molecule has 8 nitrogen and oxygen atoms in total. The Hall–Kier alpha value is -3.65. The molecule has 0 saturated heterocycles. The van der Waals surface area contributed by atoms with E-state index in [0.29, 0.717) is 23.6 Å². The number of benzene rings is 1. The van der Waals surface area contributed by atoms with Gasteiger partial charge in [0.15, 0.2) is 0 Å². The number of rotatable bonds is 6. The summed E-state index contributed by atoms with van der Waals surface area (Å²) in [6.07, 6.45) is 1.34. The highest BCUT2D eigenvalue weighted by Crippen LogP contribution is 2.30. The quantitative estimate of drug-likeness (QED) is 0.639. The maximum Gasteiger partial charge on any atom is 0.256 e. The Morgan fingerprint density at radius 1 is 1.23 bits per heavy atom. The van der Waals surface area contributed by atoms with Gasteiger partial charge in [0.05, 0.1) is 18.7 Å². The fourth-order valence-corrected chi connectivity index (χ4v) is 3.67. The summed E-state index contributed by atoms with van der Waals surface area (Å²) in [6.45, 7) is 2.69. The Morgan fingerprint density at radius 3 is 2.71 bits per heavy atom. The third-order valence-corrected chi connectivity index (χ3v) is 5.17. The van der Waals surface area contributed by atoms with Crippen LogP contribution < -0.4 is 15.5 Å². The van der Waals surface area contributed by atoms with Crippen LogP contribution in [0.2, 0.25) is 0 Å². The van der Waals surface area contributed by atoms with Gasteiger partial charge >= 0.3 is 0 Å². The van der Waals surface area contributed by atoms with Crippen LogP contribution >= 0.6 is 0 Å². The average Bonchev–Trinajstić information content (AvgIpc) is 3.15. The number of aromatic nitrogens is 1. The van der Waals surface area contributed by atoms with Gasteiger partial charge in [-0.3, -0.25) is 14.5 Å². The number of fused-ring (bicyclic) bond motifs is 1. The molecule has 1 atom stereocenters. The van der Waals surface area contributed by atoms with Gasteiger partial charge in [-0.1, -0.05) is 12.1 Å². The van der Waals surface area contributed by atoms with Gasteiger partial charge in [0.1, 0.15) is 23.5 Å². The zero-order valence-corrected chi connectivity index (χ0v) is 17.8. The van der Waals surface area contributed by atoms with E-state index in [1.165, 1.54) is 0 Å². The Bertz CT molecular complexity index is 1090. The minimum absolute atomic E-state index is 0.111. The highest BCUT2D eigenvalue weighted by Gasteiger charge is 2.30. The molecule has 3 aromatic rings. The second kappa shape index (κ2) is 8.61. The Morgan fingerprint density at radius 2 is 2.00 bits per heavy atom. The molecule has 0 saturated carbocycles. The van der Waals surface area contributed by atoms with Crippen LogP contribution in [0.3, 0.4) is 0 Å². The predicted octanol–water partition coefficient (Wildman–Crippen LogP) is 2.93. The Balaban J connectivity index is 1.37. The molecule has 0 fully saturated rings. The monoisotopic (exact) mass is 419 g/mol. The molecular weight excluding hydrogens is 394 g/mol. The molecule has 0 bridgehead atoms. The number of furan rings is 1. The van der Waals surface area contributed by atoms with Gasteiger partial charge in [0.2, 0.25) is 5.91 Å². The number of carbonyl (C=O) groups excluding carboxylic acids is 2. The van der Waals surface area contributed by atoms with Crippen molar-refractivity contribution < 1.29 is 14.0 Å². The fourth-order valence-electron chi connectivity index (χ4n) is 3.67. The molecule has 0 aliphatic carbocycles. The van der Waals surface area contributed by atoms with Crippen LogP contribution in [0, 0.1) is 6.92 Å². The lowest BCUT2D eigenvalue weighted by Crippen LogP contribution is -2.45. The normalized spacial score (nSPS) is 15.5. The first kappa shape index (κ1) is 20.6. The van der Waals surface area contributed by atoms with Crippen LogP contribution in [0.15, 0.2) is 59.1 Å². The second-order valence-corrected chi connectivity index (χ2v) is 7.72. The second-order valence-electron chi connectivity index (χ2n) is 7.72. The number of likely N-dealkylation sites (N-methyl/N-ethyl adjacent to an activating group) is 1. The summed E-state index contributed by atoms with van der Waals surface area (Å²) in [6, 6.07) is 14.8. The van der Waals surface area contributed by atoms with Crippen molar-refractivity contribution in [3.05, 3.63) is 77.4 Å². The smallest absolute Gasteiger partial charge is 0.256 e. The first-order valence-corrected chi connectivity index (χ1v) is 10.0. The highest BCUT2D eigenvalue weighted by atomic mass is 16.3. The summed E-state index contributed by atoms with van der Waals surface area (Å²) >= 11 is 0. The molecular formula is C23H25N5O3. The molecule has 1 aromatic carbocycles. The lowest BCUT2D eigenvalue weighted by Gasteiger charge is -2.35. The molecule has 1 aliphatic rings. The zero-order valence-electron chi connectivity index (χ0n) is 17.8. The summed E-state index contributed by atoms with van der Waals surface area (Å²) in [4.78, 5) is 32.9. The number of nitrogens with one attached hydrogen (secondary N) is 2. The summed E-state index contributed by atoms with van der Waals surface area (Å²) in [5.41, 5.74) is 2.15. The first-order valence-electron chi connectivity index (χ1n) is 10.0. The molecule has 160 valence electrons. The van der Waals surface area contributed by atoms with Crippen LogP contribution in [-0.2, 0) is 11.3 Å². The molecule has 8 heteroatoms. The third kappa shape index (κ3) is 4.59. The molecule has 4 rings (SSSR count). The molecule has 2 amide bonds. The zero-order chi connectivity index (χ0) is 22.0. The number of hydrogen-bond acceptors (Lipinski definition) is 6. The predicted molar refractivity (Wildman–Crippen MR) is 118 cm³/mol. The van der Waals surface area contributed by atoms with Crippen molar-refractivity contribution in [3.8, 4) is 0 Å². The van der Waals surface area contributed by atoms with Crippen LogP contribution in [0.1, 0.15) is 33.6 Å². The van der Waals surface area contributed by atoms with Crippen molar-refractivity contribution in [3.63, 3.8) is 0 Å². The van der Waals surface area contributed by atoms with E-state index in [9.17, 15) is 9.59 Å². The van der Waals surface area contributed by atoms with Gasteiger partial charge in [-0.2, -0.15) is 0 Å². The summed E-state index contributed by atoms with van der Waals surface area (Å²) in [7, 11) is 3.76. The SMILES string of the molecule is Cc1ccc(CN(C)CC(=O)Nc2ccc([C@@H]3NC(=O)c4cccnc4N3C)cc2)o1. The molecule has 2 N–H and O–H groups in total. The van der Waals surface area contributed by atoms with Crippen LogP contribution in [0.4, 0.5) is 11.5 Å². The van der Waals surface area contributed by atoms with Crippen LogP contribution in [0.25, 0.3) is 0 Å². The molecule has 0 spiro atoms. The standard InChI is InChI=1S/C23H25N5O3/c1-15-6-11-18(31-15)13-27(2)14-20(29)25-17-9-7-16(8-10-17)21-26-23(30)19-5-4-12-24-22(19)28(21)3/h4-12,21H,13-14H2,1-3H3,(H,25,29)(H,26,30)/t21-/m1/s1. The van der Waals surface area contributed by atoms with E-state index in [1.54, 1.807) is 18.3 Å². The summed E-state index contributed by atoms with van der Waals surface area (Å²) in [5.74, 6) is 2.06. The largest absolute Gasteiger partial charge is 0.465 e. The molecule has 0 unspecified atom stereocenters. The third-order valence-electron chi connectivity index (χ3n) is 5.17. The highest BCUT2D eigenvalue weighted by molar-refractivity contribution is 6.01. The summed E-state index contributed by atoms with van der Waals surface area (Å²) < 4.78 is 5.55. The average molecular weight is 419 g/mol. The number of amides is 2. The Kier molecular flexibility index (Phi) is 5.73. The number of aryl methyl sites for hydroxylation is 1. The van der Waals surface area contributed by atoms with Gasteiger partial charge < -0.3 is 20.0 Å². The van der Waals surface area contributed by atoms with Gasteiger partial charge in [0.25, 0.3) is 5.91 Å². The van der Waals surface area contributed by atoms with E-state index >= 15 is 0 Å². The minimum atomic E-state index is -0.331. The van der Waals surface area contributed by atoms with E-state index in [-0.39, 0.29) is 24.5 Å². The van der Waals surface area contributed by atoms with E-state index in [1.807, 2.05) is 67.2 Å². The lowest BCUT2D eigenvalue weighted by molar-refractivity contribution is -0.117. The number of pyridine rings is 1. The minimum Gasteiger partial charge on any atom is -0.465 e. The van der Waals surface area contributed by atoms with Crippen molar-refractivity contribution >= 4 is 23.3 Å². The van der Waals surface area contributed by atoms with E-state index < -0.39 is 0 Å². The number of anilines is 2. The molecule has 1 aliphatic heterocycles. The molecule has 2 aromatic heterocycles. The van der Waals surface area contributed by atoms with Crippen LogP contribution in [-0.4, -0.2) is 42.3 Å². The summed E-state index contributed by atoms with van der Waals surface area (Å²) in [5, 5.41) is 5.90. The molecule has 31 heavy (non-hydrogen) atoms. The Labute approximate surface area is 180 Å². The lowest BCUT2D eigenvalue weighted by atomic mass is 10.1. The van der Waals surface area contributed by atoms with E-state index in [4.69, 9.17) is 4.42 Å². The number of nitrogens with zero attached hydrogens (tertiary/aromatic N) is 3. The maximum atomic E-state index is 12.4. The van der Waals surface area contributed by atoms with E-state index in [0.717, 1.165) is 17.1 Å². The molecule has 3 heterocycles. The van der Waals surface area contributed by atoms with Gasteiger partial charge in [0, 0.05) is 18.9 Å². The maximum absolute atomic E-state index is 12.4. The van der Waals surface area contributed by atoms with E-state index in [2.05, 4.69) is 15.6 Å². The van der Waals surface area contributed by atoms with Crippen molar-refractivity contribution in [1.82, 2.24) is 15.2 Å². The van der Waals surface area contributed by atoms with Crippen molar-refractivity contribution in [2.75, 3.05) is 30.9 Å². The fraction of sp³-hybridized carbons (Fsp3) is 0.261. The molecule has 0 radical (unpaired) electrons. The van der Waals surface area contributed by atoms with Crippen molar-refractivity contribution in [1.29, 1.82) is 0 Å². The first-order chi connectivity index (χ1) is 14.9. The van der Waals surface area contributed by atoms with Gasteiger partial charge in [-0.15, -0.1) is 0 Å². The topological polar surface area (TPSA) is 90.7 Å². The van der Waals surface area contributed by atoms with Crippen molar-refractivity contribution in [2.24, 2.45) is 0 Å².